The molecule has 0 fully saturated rings. The van der Waals surface area contributed by atoms with Crippen LogP contribution in [0.25, 0.3) is 10.9 Å². The fourth-order valence-electron chi connectivity index (χ4n) is 2.09. The van der Waals surface area contributed by atoms with Crippen LogP contribution in [0.3, 0.4) is 0 Å². The van der Waals surface area contributed by atoms with Crippen LogP contribution >= 0.6 is 0 Å². The van der Waals surface area contributed by atoms with Gasteiger partial charge in [-0.1, -0.05) is 18.2 Å². The molecule has 0 saturated carbocycles. The zero-order chi connectivity index (χ0) is 13.7. The van der Waals surface area contributed by atoms with Crippen molar-refractivity contribution >= 4 is 10.9 Å². The molecule has 2 aromatic rings. The number of hydrogen-bond donors (Lipinski definition) is 1. The molecule has 0 unspecified atom stereocenters. The summed E-state index contributed by atoms with van der Waals surface area (Å²) < 4.78 is 1.83. The van der Waals surface area contributed by atoms with Crippen LogP contribution in [-0.2, 0) is 6.54 Å². The largest absolute Gasteiger partial charge is 0.314 e. The first-order chi connectivity index (χ1) is 9.18. The molecule has 0 atom stereocenters. The normalized spacial score (nSPS) is 11.3. The lowest BCUT2D eigenvalue weighted by Crippen LogP contribution is -2.31. The molecule has 0 spiro atoms. The Labute approximate surface area is 113 Å². The Morgan fingerprint density at radius 1 is 1.11 bits per heavy atom. The average molecular weight is 259 g/mol. The predicted molar refractivity (Wildman–Crippen MR) is 79.6 cm³/mol. The molecule has 0 bridgehead atoms. The average Bonchev–Trinajstić information content (AvgIpc) is 2.40. The number of nitrogens with zero attached hydrogens (tertiary/aromatic N) is 2. The Balaban J connectivity index is 2.04. The fourth-order valence-corrected chi connectivity index (χ4v) is 2.09. The van der Waals surface area contributed by atoms with Gasteiger partial charge in [-0.05, 0) is 31.6 Å². The molecular weight excluding hydrogens is 238 g/mol. The first kappa shape index (κ1) is 13.8. The van der Waals surface area contributed by atoms with Crippen molar-refractivity contribution in [3.8, 4) is 0 Å². The highest BCUT2D eigenvalue weighted by molar-refractivity contribution is 5.78. The summed E-state index contributed by atoms with van der Waals surface area (Å²) in [6.45, 7) is 3.45. The number of nitrogens with one attached hydrogen (secondary N) is 1. The number of benzene rings is 1. The van der Waals surface area contributed by atoms with E-state index in [0.717, 1.165) is 30.5 Å². The van der Waals surface area contributed by atoms with Crippen molar-refractivity contribution in [2.24, 2.45) is 0 Å². The van der Waals surface area contributed by atoms with E-state index in [-0.39, 0.29) is 5.56 Å². The van der Waals surface area contributed by atoms with Gasteiger partial charge < -0.3 is 14.8 Å². The summed E-state index contributed by atoms with van der Waals surface area (Å²) >= 11 is 0. The quantitative estimate of drug-likeness (QED) is 0.791. The monoisotopic (exact) mass is 259 g/mol. The van der Waals surface area contributed by atoms with E-state index in [4.69, 9.17) is 0 Å². The SMILES string of the molecule is CN(C)CCNCCn1c(=O)ccc2ccccc21. The molecule has 0 amide bonds. The van der Waals surface area contributed by atoms with Gasteiger partial charge in [0.05, 0.1) is 5.52 Å². The number of rotatable bonds is 6. The van der Waals surface area contributed by atoms with Crippen molar-refractivity contribution in [2.45, 2.75) is 6.54 Å². The van der Waals surface area contributed by atoms with Crippen molar-refractivity contribution in [2.75, 3.05) is 33.7 Å². The molecule has 0 aliphatic carbocycles. The van der Waals surface area contributed by atoms with Gasteiger partial charge >= 0.3 is 0 Å². The Morgan fingerprint density at radius 2 is 1.89 bits per heavy atom. The summed E-state index contributed by atoms with van der Waals surface area (Å²) in [5.41, 5.74) is 1.07. The second-order valence-electron chi connectivity index (χ2n) is 4.94. The van der Waals surface area contributed by atoms with Crippen LogP contribution in [0.4, 0.5) is 0 Å². The van der Waals surface area contributed by atoms with E-state index in [0.29, 0.717) is 6.54 Å². The highest BCUT2D eigenvalue weighted by Gasteiger charge is 2.01. The first-order valence-electron chi connectivity index (χ1n) is 6.62. The third kappa shape index (κ3) is 3.66. The Kier molecular flexibility index (Phi) is 4.71. The van der Waals surface area contributed by atoms with Crippen molar-refractivity contribution in [3.05, 3.63) is 46.8 Å². The van der Waals surface area contributed by atoms with E-state index in [1.54, 1.807) is 6.07 Å². The lowest BCUT2D eigenvalue weighted by molar-refractivity contribution is 0.398. The second-order valence-corrected chi connectivity index (χ2v) is 4.94. The van der Waals surface area contributed by atoms with E-state index < -0.39 is 0 Å². The Bertz CT molecular complexity index is 589. The molecule has 1 aromatic carbocycles. The Morgan fingerprint density at radius 3 is 2.68 bits per heavy atom. The number of aromatic nitrogens is 1. The maximum absolute atomic E-state index is 11.9. The second kappa shape index (κ2) is 6.50. The minimum absolute atomic E-state index is 0.0631. The van der Waals surface area contributed by atoms with Gasteiger partial charge in [0.2, 0.25) is 0 Å². The Hall–Kier alpha value is -1.65. The molecule has 0 saturated heterocycles. The highest BCUT2D eigenvalue weighted by Crippen LogP contribution is 2.10. The van der Waals surface area contributed by atoms with Crippen LogP contribution in [0.5, 0.6) is 0 Å². The lowest BCUT2D eigenvalue weighted by Gasteiger charge is -2.12. The number of likely N-dealkylation sites (N-methyl/N-ethyl adjacent to an activating group) is 1. The number of pyridine rings is 1. The van der Waals surface area contributed by atoms with Gasteiger partial charge in [0.1, 0.15) is 0 Å². The first-order valence-corrected chi connectivity index (χ1v) is 6.62. The standard InChI is InChI=1S/C15H21N3O/c1-17(2)11-9-16-10-12-18-14-6-4-3-5-13(14)7-8-15(18)19/h3-8,16H,9-12H2,1-2H3. The number of hydrogen-bond acceptors (Lipinski definition) is 3. The summed E-state index contributed by atoms with van der Waals surface area (Å²) in [5, 5.41) is 4.46. The molecule has 1 N–H and O–H groups in total. The fraction of sp³-hybridized carbons (Fsp3) is 0.400. The third-order valence-corrected chi connectivity index (χ3v) is 3.15. The van der Waals surface area contributed by atoms with Gasteiger partial charge in [-0.25, -0.2) is 0 Å². The molecule has 1 heterocycles. The van der Waals surface area contributed by atoms with E-state index >= 15 is 0 Å². The topological polar surface area (TPSA) is 37.3 Å². The molecule has 0 aliphatic rings. The maximum Gasteiger partial charge on any atom is 0.251 e. The zero-order valence-corrected chi connectivity index (χ0v) is 11.6. The van der Waals surface area contributed by atoms with Crippen molar-refractivity contribution in [1.29, 1.82) is 0 Å². The van der Waals surface area contributed by atoms with Crippen molar-refractivity contribution in [3.63, 3.8) is 0 Å². The molecule has 2 rings (SSSR count). The molecule has 4 nitrogen and oxygen atoms in total. The van der Waals surface area contributed by atoms with Crippen LogP contribution in [0, 0.1) is 0 Å². The van der Waals surface area contributed by atoms with Crippen molar-refractivity contribution < 1.29 is 0 Å². The number of para-hydroxylation sites is 1. The minimum atomic E-state index is 0.0631. The summed E-state index contributed by atoms with van der Waals surface area (Å²) in [5.74, 6) is 0. The van der Waals surface area contributed by atoms with Crippen LogP contribution in [0.15, 0.2) is 41.2 Å². The molecule has 0 aliphatic heterocycles. The van der Waals surface area contributed by atoms with E-state index in [1.165, 1.54) is 0 Å². The molecular formula is C15H21N3O. The zero-order valence-electron chi connectivity index (χ0n) is 11.6. The van der Waals surface area contributed by atoms with Gasteiger partial charge in [-0.15, -0.1) is 0 Å². The van der Waals surface area contributed by atoms with Gasteiger partial charge in [-0.3, -0.25) is 4.79 Å². The van der Waals surface area contributed by atoms with E-state index in [9.17, 15) is 4.79 Å². The number of fused-ring (bicyclic) bond motifs is 1. The van der Waals surface area contributed by atoms with Gasteiger partial charge in [0, 0.05) is 32.2 Å². The molecule has 0 radical (unpaired) electrons. The maximum atomic E-state index is 11.9. The van der Waals surface area contributed by atoms with Gasteiger partial charge in [0.15, 0.2) is 0 Å². The van der Waals surface area contributed by atoms with Gasteiger partial charge in [-0.2, -0.15) is 0 Å². The lowest BCUT2D eigenvalue weighted by atomic mass is 10.2. The molecule has 102 valence electrons. The molecule has 1 aromatic heterocycles. The smallest absolute Gasteiger partial charge is 0.251 e. The van der Waals surface area contributed by atoms with E-state index in [2.05, 4.69) is 24.3 Å². The van der Waals surface area contributed by atoms with E-state index in [1.807, 2.05) is 34.9 Å². The van der Waals surface area contributed by atoms with Crippen molar-refractivity contribution in [1.82, 2.24) is 14.8 Å². The summed E-state index contributed by atoms with van der Waals surface area (Å²) in [4.78, 5) is 14.1. The molecule has 19 heavy (non-hydrogen) atoms. The van der Waals surface area contributed by atoms with Gasteiger partial charge in [0.25, 0.3) is 5.56 Å². The minimum Gasteiger partial charge on any atom is -0.314 e. The van der Waals surface area contributed by atoms with Crippen LogP contribution in [0.2, 0.25) is 0 Å². The highest BCUT2D eigenvalue weighted by atomic mass is 16.1. The van der Waals surface area contributed by atoms with Crippen LogP contribution in [-0.4, -0.2) is 43.2 Å². The molecule has 4 heteroatoms. The predicted octanol–water partition coefficient (Wildman–Crippen LogP) is 1.15. The summed E-state index contributed by atoms with van der Waals surface area (Å²) in [6.07, 6.45) is 0. The summed E-state index contributed by atoms with van der Waals surface area (Å²) in [7, 11) is 4.10. The van der Waals surface area contributed by atoms with Crippen LogP contribution < -0.4 is 10.9 Å². The summed E-state index contributed by atoms with van der Waals surface area (Å²) in [6, 6.07) is 11.5. The third-order valence-electron chi connectivity index (χ3n) is 3.15. The van der Waals surface area contributed by atoms with Crippen LogP contribution in [0.1, 0.15) is 0 Å².